The minimum absolute atomic E-state index is 0.0894. The largest absolute Gasteiger partial charge is 0.453 e. The first-order valence-electron chi connectivity index (χ1n) is 8.90. The lowest BCUT2D eigenvalue weighted by atomic mass is 10.1. The molecule has 2 atom stereocenters. The highest BCUT2D eigenvalue weighted by Crippen LogP contribution is 2.27. The SMILES string of the molecule is CC.COC(=O)NC(C=O)C(C)C.Cc1cnc([C@@H]2CCCN2C)[nH]1. The molecule has 0 aliphatic carbocycles. The number of carbonyl (C=O) groups is 2. The number of likely N-dealkylation sites (tertiary alicyclic amines) is 1. The number of ether oxygens (including phenoxy) is 1. The van der Waals surface area contributed by atoms with Crippen LogP contribution in [0.15, 0.2) is 6.20 Å². The molecule has 1 aromatic rings. The van der Waals surface area contributed by atoms with Gasteiger partial charge in [-0.25, -0.2) is 9.78 Å². The van der Waals surface area contributed by atoms with Gasteiger partial charge in [0, 0.05) is 11.9 Å². The Kier molecular flexibility index (Phi) is 11.5. The van der Waals surface area contributed by atoms with Crippen molar-refractivity contribution in [3.8, 4) is 0 Å². The van der Waals surface area contributed by atoms with E-state index < -0.39 is 12.1 Å². The summed E-state index contributed by atoms with van der Waals surface area (Å²) >= 11 is 0. The van der Waals surface area contributed by atoms with E-state index in [0.717, 1.165) is 11.5 Å². The van der Waals surface area contributed by atoms with Crippen molar-refractivity contribution in [2.24, 2.45) is 5.92 Å². The maximum Gasteiger partial charge on any atom is 0.407 e. The average molecular weight is 354 g/mol. The maximum absolute atomic E-state index is 10.6. The predicted molar refractivity (Wildman–Crippen MR) is 99.5 cm³/mol. The molecule has 7 heteroatoms. The summed E-state index contributed by atoms with van der Waals surface area (Å²) in [6.07, 6.45) is 4.56. The van der Waals surface area contributed by atoms with Gasteiger partial charge in [-0.15, -0.1) is 0 Å². The standard InChI is InChI=1S/C9H15N3.C7H13NO3.C2H6/c1-7-6-10-9(11-7)8-4-3-5-12(8)2;1-5(2)6(4-9)8-7(10)11-3;1-2/h6,8H,3-5H2,1-2H3,(H,10,11);4-6H,1-3H3,(H,8,10);1-2H3/t8-;;/m0../s1. The monoisotopic (exact) mass is 354 g/mol. The first kappa shape index (κ1) is 23.1. The molecule has 0 saturated carbocycles. The fourth-order valence-electron chi connectivity index (χ4n) is 2.41. The molecule has 25 heavy (non-hydrogen) atoms. The number of hydrogen-bond donors (Lipinski definition) is 2. The molecule has 0 aromatic carbocycles. The van der Waals surface area contributed by atoms with Gasteiger partial charge < -0.3 is 19.8 Å². The predicted octanol–water partition coefficient (Wildman–Crippen LogP) is 3.08. The fourth-order valence-corrected chi connectivity index (χ4v) is 2.41. The van der Waals surface area contributed by atoms with Crippen molar-refractivity contribution in [2.45, 2.75) is 59.5 Å². The van der Waals surface area contributed by atoms with Crippen LogP contribution in [0.2, 0.25) is 0 Å². The Morgan fingerprint density at radius 3 is 2.48 bits per heavy atom. The van der Waals surface area contributed by atoms with Crippen molar-refractivity contribution in [3.63, 3.8) is 0 Å². The molecule has 7 nitrogen and oxygen atoms in total. The van der Waals surface area contributed by atoms with E-state index in [9.17, 15) is 9.59 Å². The fraction of sp³-hybridized carbons (Fsp3) is 0.722. The Labute approximate surface area is 151 Å². The van der Waals surface area contributed by atoms with E-state index in [2.05, 4.69) is 32.0 Å². The first-order valence-corrected chi connectivity index (χ1v) is 8.90. The van der Waals surface area contributed by atoms with Gasteiger partial charge in [0.05, 0.1) is 19.2 Å². The molecule has 1 aliphatic heterocycles. The summed E-state index contributed by atoms with van der Waals surface area (Å²) in [5, 5.41) is 2.39. The number of aldehydes is 1. The quantitative estimate of drug-likeness (QED) is 0.811. The molecular formula is C18H34N4O3. The van der Waals surface area contributed by atoms with Gasteiger partial charge in [0.1, 0.15) is 12.1 Å². The van der Waals surface area contributed by atoms with Crippen LogP contribution in [-0.4, -0.2) is 54.0 Å². The van der Waals surface area contributed by atoms with Crippen LogP contribution in [0.25, 0.3) is 0 Å². The number of alkyl carbamates (subject to hydrolysis) is 1. The lowest BCUT2D eigenvalue weighted by Gasteiger charge is -2.16. The summed E-state index contributed by atoms with van der Waals surface area (Å²) in [7, 11) is 3.42. The summed E-state index contributed by atoms with van der Waals surface area (Å²) in [6.45, 7) is 10.9. The molecular weight excluding hydrogens is 320 g/mol. The molecule has 2 N–H and O–H groups in total. The number of hydrogen-bond acceptors (Lipinski definition) is 5. The third-order valence-electron chi connectivity index (χ3n) is 3.89. The Bertz CT molecular complexity index is 502. The van der Waals surface area contributed by atoms with Crippen molar-refractivity contribution in [1.82, 2.24) is 20.2 Å². The first-order chi connectivity index (χ1) is 11.9. The number of carbonyl (C=O) groups excluding carboxylic acids is 2. The van der Waals surface area contributed by atoms with Gasteiger partial charge in [-0.3, -0.25) is 4.90 Å². The van der Waals surface area contributed by atoms with E-state index in [1.165, 1.54) is 26.5 Å². The smallest absolute Gasteiger partial charge is 0.407 e. The van der Waals surface area contributed by atoms with Crippen LogP contribution in [0.3, 0.4) is 0 Å². The van der Waals surface area contributed by atoms with Crippen LogP contribution in [0.1, 0.15) is 58.1 Å². The number of imidazole rings is 1. The summed E-state index contributed by atoms with van der Waals surface area (Å²) in [5.41, 5.74) is 1.16. The van der Waals surface area contributed by atoms with E-state index in [4.69, 9.17) is 0 Å². The second kappa shape index (κ2) is 12.5. The lowest BCUT2D eigenvalue weighted by Crippen LogP contribution is -2.39. The zero-order valence-electron chi connectivity index (χ0n) is 16.6. The number of aromatic nitrogens is 2. The summed E-state index contributed by atoms with van der Waals surface area (Å²) in [5.74, 6) is 1.22. The molecule has 1 unspecified atom stereocenters. The number of methoxy groups -OCH3 is 1. The molecule has 2 rings (SSSR count). The Balaban J connectivity index is 0.000000422. The van der Waals surface area contributed by atoms with Gasteiger partial charge in [-0.2, -0.15) is 0 Å². The molecule has 2 heterocycles. The zero-order chi connectivity index (χ0) is 19.4. The van der Waals surface area contributed by atoms with E-state index in [0.29, 0.717) is 12.3 Å². The Morgan fingerprint density at radius 2 is 2.12 bits per heavy atom. The molecule has 0 spiro atoms. The van der Waals surface area contributed by atoms with Crippen LogP contribution >= 0.6 is 0 Å². The van der Waals surface area contributed by atoms with E-state index in [1.54, 1.807) is 0 Å². The average Bonchev–Trinajstić information content (AvgIpc) is 3.22. The number of amides is 1. The molecule has 1 aliphatic rings. The van der Waals surface area contributed by atoms with Crippen molar-refractivity contribution in [3.05, 3.63) is 17.7 Å². The molecule has 1 aromatic heterocycles. The van der Waals surface area contributed by atoms with E-state index in [1.807, 2.05) is 40.8 Å². The molecule has 1 fully saturated rings. The summed E-state index contributed by atoms with van der Waals surface area (Å²) in [4.78, 5) is 30.9. The van der Waals surface area contributed by atoms with Crippen molar-refractivity contribution >= 4 is 12.4 Å². The van der Waals surface area contributed by atoms with Crippen LogP contribution in [0.5, 0.6) is 0 Å². The highest BCUT2D eigenvalue weighted by atomic mass is 16.5. The van der Waals surface area contributed by atoms with Crippen LogP contribution < -0.4 is 5.32 Å². The van der Waals surface area contributed by atoms with Crippen molar-refractivity contribution in [2.75, 3.05) is 20.7 Å². The minimum atomic E-state index is -0.573. The second-order valence-electron chi connectivity index (χ2n) is 6.13. The van der Waals surface area contributed by atoms with Crippen LogP contribution in [0.4, 0.5) is 4.79 Å². The highest BCUT2D eigenvalue weighted by molar-refractivity contribution is 5.73. The molecule has 144 valence electrons. The third-order valence-corrected chi connectivity index (χ3v) is 3.89. The summed E-state index contributed by atoms with van der Waals surface area (Å²) in [6, 6.07) is 0.0705. The van der Waals surface area contributed by atoms with Gasteiger partial charge in [0.15, 0.2) is 0 Å². The maximum atomic E-state index is 10.6. The molecule has 0 bridgehead atoms. The van der Waals surface area contributed by atoms with E-state index >= 15 is 0 Å². The van der Waals surface area contributed by atoms with Gasteiger partial charge in [-0.1, -0.05) is 27.7 Å². The number of aromatic amines is 1. The van der Waals surface area contributed by atoms with Crippen LogP contribution in [-0.2, 0) is 9.53 Å². The van der Waals surface area contributed by atoms with Gasteiger partial charge >= 0.3 is 6.09 Å². The molecule has 1 amide bonds. The number of H-pyrrole nitrogens is 1. The lowest BCUT2D eigenvalue weighted by molar-refractivity contribution is -0.110. The molecule has 0 radical (unpaired) electrons. The van der Waals surface area contributed by atoms with Crippen LogP contribution in [0, 0.1) is 12.8 Å². The van der Waals surface area contributed by atoms with Gasteiger partial charge in [0.2, 0.25) is 0 Å². The normalized spacial score (nSPS) is 17.7. The number of aryl methyl sites for hydroxylation is 1. The zero-order valence-corrected chi connectivity index (χ0v) is 16.6. The summed E-state index contributed by atoms with van der Waals surface area (Å²) < 4.78 is 4.32. The third kappa shape index (κ3) is 8.16. The number of nitrogens with one attached hydrogen (secondary N) is 2. The minimum Gasteiger partial charge on any atom is -0.453 e. The Hall–Kier alpha value is -1.89. The van der Waals surface area contributed by atoms with Gasteiger partial charge in [-0.05, 0) is 39.3 Å². The Morgan fingerprint density at radius 1 is 1.48 bits per heavy atom. The van der Waals surface area contributed by atoms with Gasteiger partial charge in [0.25, 0.3) is 0 Å². The number of nitrogens with zero attached hydrogens (tertiary/aromatic N) is 2. The second-order valence-corrected chi connectivity index (χ2v) is 6.13. The van der Waals surface area contributed by atoms with Crippen molar-refractivity contribution in [1.29, 1.82) is 0 Å². The topological polar surface area (TPSA) is 87.3 Å². The highest BCUT2D eigenvalue weighted by Gasteiger charge is 2.24. The number of rotatable bonds is 4. The van der Waals surface area contributed by atoms with E-state index in [-0.39, 0.29) is 5.92 Å². The molecule has 1 saturated heterocycles. The van der Waals surface area contributed by atoms with Crippen molar-refractivity contribution < 1.29 is 14.3 Å².